The maximum atomic E-state index is 13.1. The predicted octanol–water partition coefficient (Wildman–Crippen LogP) is 2.84. The Morgan fingerprint density at radius 1 is 1.09 bits per heavy atom. The number of carbonyl (C=O) groups excluding carboxylic acids is 3. The Labute approximate surface area is 191 Å². The Bertz CT molecular complexity index is 1060. The molecule has 2 heterocycles. The van der Waals surface area contributed by atoms with Gasteiger partial charge in [0.05, 0.1) is 4.92 Å². The number of rotatable bonds is 6. The van der Waals surface area contributed by atoms with E-state index in [1.165, 1.54) is 36.8 Å². The molecular formula is C24H26N4O5. The molecule has 1 atom stereocenters. The molecule has 0 bridgehead atoms. The lowest BCUT2D eigenvalue weighted by Crippen LogP contribution is -2.46. The Hall–Kier alpha value is -3.75. The molecule has 2 aromatic carbocycles. The van der Waals surface area contributed by atoms with E-state index < -0.39 is 22.4 Å². The number of non-ortho nitro benzene ring substituents is 1. The van der Waals surface area contributed by atoms with Gasteiger partial charge in [-0.25, -0.2) is 4.79 Å². The Balaban J connectivity index is 1.36. The van der Waals surface area contributed by atoms with Crippen molar-refractivity contribution >= 4 is 23.5 Å². The highest BCUT2D eigenvalue weighted by Crippen LogP contribution is 2.30. The van der Waals surface area contributed by atoms with Gasteiger partial charge in [-0.3, -0.25) is 24.6 Å². The van der Waals surface area contributed by atoms with Crippen LogP contribution in [0.2, 0.25) is 0 Å². The first kappa shape index (κ1) is 22.4. The van der Waals surface area contributed by atoms with Crippen molar-refractivity contribution in [1.82, 2.24) is 15.1 Å². The molecule has 0 aliphatic carbocycles. The van der Waals surface area contributed by atoms with E-state index in [1.54, 1.807) is 4.90 Å². The number of piperidine rings is 1. The highest BCUT2D eigenvalue weighted by molar-refractivity contribution is 6.09. The quantitative estimate of drug-likeness (QED) is 0.413. The summed E-state index contributed by atoms with van der Waals surface area (Å²) in [6, 6.07) is 15.1. The molecule has 2 saturated heterocycles. The molecule has 9 nitrogen and oxygen atoms in total. The van der Waals surface area contributed by atoms with E-state index in [-0.39, 0.29) is 18.1 Å². The second kappa shape index (κ2) is 9.01. The van der Waals surface area contributed by atoms with E-state index in [1.807, 2.05) is 18.2 Å². The fraction of sp³-hybridized carbons (Fsp3) is 0.375. The first-order valence-corrected chi connectivity index (χ1v) is 11.0. The van der Waals surface area contributed by atoms with E-state index in [9.17, 15) is 24.5 Å². The third-order valence-corrected chi connectivity index (χ3v) is 6.56. The zero-order valence-corrected chi connectivity index (χ0v) is 18.4. The summed E-state index contributed by atoms with van der Waals surface area (Å²) >= 11 is 0. The number of nitro groups is 1. The molecule has 0 spiro atoms. The van der Waals surface area contributed by atoms with Gasteiger partial charge in [0.15, 0.2) is 0 Å². The van der Waals surface area contributed by atoms with Gasteiger partial charge < -0.3 is 10.2 Å². The Morgan fingerprint density at radius 3 is 2.33 bits per heavy atom. The van der Waals surface area contributed by atoms with Crippen LogP contribution in [0.15, 0.2) is 54.6 Å². The summed E-state index contributed by atoms with van der Waals surface area (Å²) in [6.45, 7) is 2.41. The van der Waals surface area contributed by atoms with Gasteiger partial charge in [-0.05, 0) is 55.4 Å². The summed E-state index contributed by atoms with van der Waals surface area (Å²) in [5.74, 6) is -0.308. The lowest BCUT2D eigenvalue weighted by Gasteiger charge is -2.33. The molecule has 2 aromatic rings. The summed E-state index contributed by atoms with van der Waals surface area (Å²) in [5.41, 5.74) is 0.215. The number of amides is 4. The number of imide groups is 1. The van der Waals surface area contributed by atoms with Crippen LogP contribution in [0.4, 0.5) is 10.5 Å². The van der Waals surface area contributed by atoms with Crippen molar-refractivity contribution in [1.29, 1.82) is 0 Å². The molecule has 2 aliphatic rings. The second-order valence-electron chi connectivity index (χ2n) is 8.76. The summed E-state index contributed by atoms with van der Waals surface area (Å²) in [5, 5.41) is 13.5. The summed E-state index contributed by atoms with van der Waals surface area (Å²) in [7, 11) is 0. The number of nitrogens with one attached hydrogen (secondary N) is 1. The normalized spacial score (nSPS) is 21.2. The van der Waals surface area contributed by atoms with E-state index >= 15 is 0 Å². The average Bonchev–Trinajstić information content (AvgIpc) is 3.04. The van der Waals surface area contributed by atoms with Crippen LogP contribution in [0, 0.1) is 16.0 Å². The lowest BCUT2D eigenvalue weighted by molar-refractivity contribution is -0.384. The maximum Gasteiger partial charge on any atom is 0.325 e. The van der Waals surface area contributed by atoms with Crippen LogP contribution in [0.1, 0.15) is 30.9 Å². The van der Waals surface area contributed by atoms with Crippen molar-refractivity contribution in [2.45, 2.75) is 31.7 Å². The predicted molar refractivity (Wildman–Crippen MR) is 120 cm³/mol. The van der Waals surface area contributed by atoms with Crippen LogP contribution in [0.25, 0.3) is 0 Å². The van der Waals surface area contributed by atoms with Crippen LogP contribution >= 0.6 is 0 Å². The average molecular weight is 450 g/mol. The molecule has 172 valence electrons. The number of hydrogen-bond donors (Lipinski definition) is 1. The number of urea groups is 1. The van der Waals surface area contributed by atoms with Crippen LogP contribution in [-0.2, 0) is 21.5 Å². The molecule has 0 saturated carbocycles. The van der Waals surface area contributed by atoms with E-state index in [0.29, 0.717) is 24.6 Å². The standard InChI is InChI=1S/C24H26N4O5/c1-24(19-7-9-20(10-8-19)28(32)33)22(30)27(23(31)25-24)16-21(29)26-13-11-18(12-14-26)15-17-5-3-2-4-6-17/h2-10,18H,11-16H2,1H3,(H,25,31)/t24-/m1/s1. The first-order valence-electron chi connectivity index (χ1n) is 11.0. The number of benzene rings is 2. The van der Waals surface area contributed by atoms with Gasteiger partial charge in [0.1, 0.15) is 12.1 Å². The number of hydrogen-bond acceptors (Lipinski definition) is 5. The lowest BCUT2D eigenvalue weighted by atomic mass is 9.90. The molecule has 0 radical (unpaired) electrons. The van der Waals surface area contributed by atoms with Crippen molar-refractivity contribution in [3.63, 3.8) is 0 Å². The van der Waals surface area contributed by atoms with Gasteiger partial charge in [0.2, 0.25) is 5.91 Å². The van der Waals surface area contributed by atoms with Gasteiger partial charge in [-0.15, -0.1) is 0 Å². The van der Waals surface area contributed by atoms with E-state index in [0.717, 1.165) is 24.2 Å². The minimum atomic E-state index is -1.38. The second-order valence-corrected chi connectivity index (χ2v) is 8.76. The van der Waals surface area contributed by atoms with Crippen molar-refractivity contribution in [3.05, 3.63) is 75.8 Å². The molecule has 1 N–H and O–H groups in total. The third-order valence-electron chi connectivity index (χ3n) is 6.56. The van der Waals surface area contributed by atoms with Crippen molar-refractivity contribution in [2.75, 3.05) is 19.6 Å². The number of nitrogens with zero attached hydrogens (tertiary/aromatic N) is 3. The minimum Gasteiger partial charge on any atom is -0.341 e. The van der Waals surface area contributed by atoms with Crippen LogP contribution in [0.5, 0.6) is 0 Å². The van der Waals surface area contributed by atoms with Crippen LogP contribution in [-0.4, -0.2) is 52.2 Å². The smallest absolute Gasteiger partial charge is 0.325 e. The van der Waals surface area contributed by atoms with Crippen molar-refractivity contribution < 1.29 is 19.3 Å². The molecule has 0 aromatic heterocycles. The SMILES string of the molecule is C[C@]1(c2ccc([N+](=O)[O-])cc2)NC(=O)N(CC(=O)N2CCC(Cc3ccccc3)CC2)C1=O. The summed E-state index contributed by atoms with van der Waals surface area (Å²) < 4.78 is 0. The Kier molecular flexibility index (Phi) is 6.13. The zero-order valence-electron chi connectivity index (χ0n) is 18.4. The fourth-order valence-electron chi connectivity index (χ4n) is 4.52. The van der Waals surface area contributed by atoms with Crippen molar-refractivity contribution in [2.24, 2.45) is 5.92 Å². The topological polar surface area (TPSA) is 113 Å². The van der Waals surface area contributed by atoms with Crippen LogP contribution < -0.4 is 5.32 Å². The first-order chi connectivity index (χ1) is 15.8. The monoisotopic (exact) mass is 450 g/mol. The highest BCUT2D eigenvalue weighted by atomic mass is 16.6. The largest absolute Gasteiger partial charge is 0.341 e. The summed E-state index contributed by atoms with van der Waals surface area (Å²) in [6.07, 6.45) is 2.73. The molecule has 33 heavy (non-hydrogen) atoms. The summed E-state index contributed by atoms with van der Waals surface area (Å²) in [4.78, 5) is 51.5. The molecule has 2 aliphatic heterocycles. The number of likely N-dealkylation sites (tertiary alicyclic amines) is 1. The Morgan fingerprint density at radius 2 is 1.73 bits per heavy atom. The molecule has 0 unspecified atom stereocenters. The van der Waals surface area contributed by atoms with Gasteiger partial charge in [-0.2, -0.15) is 0 Å². The molecule has 2 fully saturated rings. The molecule has 4 amide bonds. The molecular weight excluding hydrogens is 424 g/mol. The molecule has 9 heteroatoms. The highest BCUT2D eigenvalue weighted by Gasteiger charge is 2.49. The fourth-order valence-corrected chi connectivity index (χ4v) is 4.52. The third kappa shape index (κ3) is 4.57. The zero-order chi connectivity index (χ0) is 23.6. The van der Waals surface area contributed by atoms with Gasteiger partial charge in [0.25, 0.3) is 11.6 Å². The maximum absolute atomic E-state index is 13.1. The van der Waals surface area contributed by atoms with Gasteiger partial charge in [0, 0.05) is 25.2 Å². The molecule has 4 rings (SSSR count). The van der Waals surface area contributed by atoms with Gasteiger partial charge in [-0.1, -0.05) is 30.3 Å². The number of nitro benzene ring substituents is 1. The number of carbonyl (C=O) groups is 3. The van der Waals surface area contributed by atoms with Gasteiger partial charge >= 0.3 is 6.03 Å². The van der Waals surface area contributed by atoms with E-state index in [2.05, 4.69) is 17.4 Å². The van der Waals surface area contributed by atoms with E-state index in [4.69, 9.17) is 0 Å². The van der Waals surface area contributed by atoms with Crippen molar-refractivity contribution in [3.8, 4) is 0 Å². The minimum absolute atomic E-state index is 0.109. The van der Waals surface area contributed by atoms with Crippen LogP contribution in [0.3, 0.4) is 0 Å².